The third kappa shape index (κ3) is 4.26. The van der Waals surface area contributed by atoms with E-state index in [1.807, 2.05) is 12.3 Å². The molecule has 6 rings (SSSR count). The monoisotopic (exact) mass is 515 g/mol. The second-order valence-electron chi connectivity index (χ2n) is 10.6. The van der Waals surface area contributed by atoms with Crippen molar-refractivity contribution in [3.63, 3.8) is 0 Å². The van der Waals surface area contributed by atoms with Gasteiger partial charge in [-0.15, -0.1) is 0 Å². The molecule has 3 fully saturated rings. The molecule has 2 aliphatic heterocycles. The van der Waals surface area contributed by atoms with E-state index in [0.717, 1.165) is 44.5 Å². The average molecular weight is 516 g/mol. The number of hydrogen-bond acceptors (Lipinski definition) is 6. The van der Waals surface area contributed by atoms with Crippen molar-refractivity contribution in [1.29, 1.82) is 0 Å². The molecule has 0 radical (unpaired) electrons. The van der Waals surface area contributed by atoms with Crippen LogP contribution >= 0.6 is 12.2 Å². The first-order chi connectivity index (χ1) is 17.4. The van der Waals surface area contributed by atoms with Crippen LogP contribution in [0.5, 0.6) is 0 Å². The summed E-state index contributed by atoms with van der Waals surface area (Å²) in [6.07, 6.45) is 7.80. The number of rotatable bonds is 6. The van der Waals surface area contributed by atoms with Gasteiger partial charge >= 0.3 is 0 Å². The minimum atomic E-state index is -2.70. The fourth-order valence-electron chi connectivity index (χ4n) is 5.93. The molecule has 8 nitrogen and oxygen atoms in total. The Morgan fingerprint density at radius 3 is 2.67 bits per heavy atom. The summed E-state index contributed by atoms with van der Waals surface area (Å²) in [6.45, 7) is 6.02. The maximum atomic E-state index is 13.9. The highest BCUT2D eigenvalue weighted by atomic mass is 32.1. The van der Waals surface area contributed by atoms with Crippen molar-refractivity contribution < 1.29 is 13.5 Å². The number of aromatic nitrogens is 5. The molecule has 0 amide bonds. The Kier molecular flexibility index (Phi) is 6.15. The zero-order chi connectivity index (χ0) is 25.0. The van der Waals surface area contributed by atoms with Gasteiger partial charge in [0.15, 0.2) is 11.3 Å². The number of nitrogens with zero attached hydrogens (tertiary/aromatic N) is 6. The Hall–Kier alpha value is -2.66. The maximum absolute atomic E-state index is 13.9. The van der Waals surface area contributed by atoms with E-state index in [9.17, 15) is 8.78 Å². The van der Waals surface area contributed by atoms with Crippen LogP contribution in [0.3, 0.4) is 0 Å². The summed E-state index contributed by atoms with van der Waals surface area (Å²) in [4.78, 5) is 7.39. The summed E-state index contributed by atoms with van der Waals surface area (Å²) in [6, 6.07) is 2.40. The first-order valence-electron chi connectivity index (χ1n) is 12.8. The van der Waals surface area contributed by atoms with Gasteiger partial charge in [0, 0.05) is 18.9 Å². The average Bonchev–Trinajstić information content (AvgIpc) is 3.66. The van der Waals surface area contributed by atoms with E-state index in [1.54, 1.807) is 21.6 Å². The van der Waals surface area contributed by atoms with Gasteiger partial charge in [0.1, 0.15) is 10.8 Å². The summed E-state index contributed by atoms with van der Waals surface area (Å²) in [5.74, 6) is 2.18. The van der Waals surface area contributed by atoms with E-state index in [0.29, 0.717) is 40.7 Å². The van der Waals surface area contributed by atoms with Gasteiger partial charge in [0.05, 0.1) is 42.2 Å². The predicted octanol–water partition coefficient (Wildman–Crippen LogP) is 5.02. The summed E-state index contributed by atoms with van der Waals surface area (Å²) < 4.78 is 36.9. The number of hydrogen-bond donors (Lipinski definition) is 1. The highest BCUT2D eigenvalue weighted by molar-refractivity contribution is 7.81. The zero-order valence-electron chi connectivity index (χ0n) is 20.5. The van der Waals surface area contributed by atoms with Gasteiger partial charge in [0.25, 0.3) is 6.43 Å². The van der Waals surface area contributed by atoms with Crippen LogP contribution in [-0.4, -0.2) is 54.7 Å². The maximum Gasteiger partial charge on any atom is 0.284 e. The Balaban J connectivity index is 1.23. The van der Waals surface area contributed by atoms with E-state index in [-0.39, 0.29) is 23.5 Å². The molecule has 11 heteroatoms. The molecular weight excluding hydrogens is 484 g/mol. The lowest BCUT2D eigenvalue weighted by atomic mass is 9.80. The molecule has 3 aromatic heterocycles. The van der Waals surface area contributed by atoms with Gasteiger partial charge in [-0.25, -0.2) is 18.3 Å². The second kappa shape index (κ2) is 9.33. The molecule has 2 atom stereocenters. The van der Waals surface area contributed by atoms with Crippen molar-refractivity contribution in [3.05, 3.63) is 35.9 Å². The third-order valence-corrected chi connectivity index (χ3v) is 8.39. The van der Waals surface area contributed by atoms with E-state index >= 15 is 0 Å². The lowest BCUT2D eigenvalue weighted by Crippen LogP contribution is -2.37. The van der Waals surface area contributed by atoms with Gasteiger partial charge in [-0.1, -0.05) is 26.1 Å². The number of halogens is 2. The fraction of sp³-hybridized carbons (Fsp3) is 0.600. The molecule has 1 saturated carbocycles. The first kappa shape index (κ1) is 23.7. The molecule has 3 aliphatic rings. The fourth-order valence-corrected chi connectivity index (χ4v) is 6.19. The second-order valence-corrected chi connectivity index (χ2v) is 11.0. The molecule has 36 heavy (non-hydrogen) atoms. The van der Waals surface area contributed by atoms with Crippen LogP contribution in [0.4, 0.5) is 20.3 Å². The van der Waals surface area contributed by atoms with Crippen molar-refractivity contribution in [2.24, 2.45) is 11.8 Å². The summed E-state index contributed by atoms with van der Waals surface area (Å²) in [5.41, 5.74) is 1.15. The number of ether oxygens (including phenoxy) is 1. The lowest BCUT2D eigenvalue weighted by molar-refractivity contribution is 0.0989. The Bertz CT molecular complexity index is 1270. The number of thiocarbonyl (C=S) groups is 1. The van der Waals surface area contributed by atoms with Gasteiger partial charge in [-0.2, -0.15) is 10.2 Å². The molecule has 192 valence electrons. The number of morpholine rings is 1. The summed E-state index contributed by atoms with van der Waals surface area (Å²) in [5, 5.41) is 11.7. The lowest BCUT2D eigenvalue weighted by Gasteiger charge is -2.30. The Labute approximate surface area is 214 Å². The van der Waals surface area contributed by atoms with Gasteiger partial charge in [0.2, 0.25) is 0 Å². The van der Waals surface area contributed by atoms with Crippen LogP contribution in [-0.2, 0) is 4.74 Å². The predicted molar refractivity (Wildman–Crippen MR) is 137 cm³/mol. The molecule has 0 unspecified atom stereocenters. The molecule has 0 spiro atoms. The minimum Gasteiger partial charge on any atom is -0.374 e. The zero-order valence-corrected chi connectivity index (χ0v) is 21.3. The van der Waals surface area contributed by atoms with Crippen molar-refractivity contribution in [2.75, 3.05) is 23.4 Å². The topological polar surface area (TPSA) is 72.5 Å². The van der Waals surface area contributed by atoms with Crippen molar-refractivity contribution in [1.82, 2.24) is 24.4 Å². The van der Waals surface area contributed by atoms with Gasteiger partial charge in [-0.3, -0.25) is 4.68 Å². The van der Waals surface area contributed by atoms with Gasteiger partial charge < -0.3 is 15.0 Å². The number of fused-ring (bicyclic) bond motifs is 3. The van der Waals surface area contributed by atoms with Crippen molar-refractivity contribution in [3.8, 4) is 0 Å². The minimum absolute atomic E-state index is 0.127. The van der Waals surface area contributed by atoms with Crippen LogP contribution in [0.2, 0.25) is 0 Å². The molecule has 5 heterocycles. The summed E-state index contributed by atoms with van der Waals surface area (Å²) >= 11 is 5.65. The highest BCUT2D eigenvalue weighted by Gasteiger charge is 2.39. The molecule has 1 aliphatic carbocycles. The first-order valence-corrected chi connectivity index (χ1v) is 13.2. The van der Waals surface area contributed by atoms with Crippen molar-refractivity contribution in [2.45, 2.75) is 70.6 Å². The van der Waals surface area contributed by atoms with Crippen molar-refractivity contribution >= 4 is 34.4 Å². The quantitative estimate of drug-likeness (QED) is 0.463. The molecular formula is C25H31F2N7OS. The van der Waals surface area contributed by atoms with E-state index in [2.05, 4.69) is 34.3 Å². The van der Waals surface area contributed by atoms with Crippen LogP contribution < -0.4 is 10.2 Å². The third-order valence-electron chi connectivity index (χ3n) is 8.07. The number of nitrogens with one attached hydrogen (secondary N) is 1. The summed E-state index contributed by atoms with van der Waals surface area (Å²) in [7, 11) is 0. The molecule has 2 saturated heterocycles. The molecule has 1 N–H and O–H groups in total. The number of alkyl halides is 2. The van der Waals surface area contributed by atoms with Crippen LogP contribution in [0, 0.1) is 11.8 Å². The smallest absolute Gasteiger partial charge is 0.284 e. The van der Waals surface area contributed by atoms with Crippen LogP contribution in [0.1, 0.15) is 69.7 Å². The highest BCUT2D eigenvalue weighted by Crippen LogP contribution is 2.37. The molecule has 3 aromatic rings. The molecule has 2 bridgehead atoms. The van der Waals surface area contributed by atoms with Crippen LogP contribution in [0.25, 0.3) is 5.65 Å². The molecule has 0 aromatic carbocycles. The van der Waals surface area contributed by atoms with E-state index < -0.39 is 6.43 Å². The standard InChI is InChI=1S/C25H31F2N7OS/c1-14(2)15-3-5-16(6-4-15)34-12-20(22(31-34)23(26)27)29-25(36)19-10-28-33-8-7-21(30-24(19)33)32-11-18-9-17(32)13-35-18/h7-8,10,12,14-18,23H,3-6,9,11,13H2,1-2H3,(H,29,36)/t15?,16?,17-,18-/m0/s1. The van der Waals surface area contributed by atoms with Crippen LogP contribution in [0.15, 0.2) is 24.7 Å². The van der Waals surface area contributed by atoms with E-state index in [1.165, 1.54) is 0 Å². The largest absolute Gasteiger partial charge is 0.374 e. The Morgan fingerprint density at radius 2 is 2.00 bits per heavy atom. The SMILES string of the molecule is CC(C)C1CCC(n2cc(NC(=S)c3cnn4ccc(N5C[C@@H]6C[C@H]5CO6)nc34)c(C(F)F)n2)CC1. The Morgan fingerprint density at radius 1 is 1.19 bits per heavy atom. The van der Waals surface area contributed by atoms with Gasteiger partial charge in [-0.05, 0) is 50.0 Å². The number of anilines is 2. The van der Waals surface area contributed by atoms with E-state index in [4.69, 9.17) is 21.9 Å². The normalized spacial score (nSPS) is 26.0.